The van der Waals surface area contributed by atoms with Gasteiger partial charge in [-0.1, -0.05) is 25.7 Å². The van der Waals surface area contributed by atoms with Gasteiger partial charge in [0.1, 0.15) is 0 Å². The van der Waals surface area contributed by atoms with E-state index in [0.717, 1.165) is 17.7 Å². The average molecular weight is 137 g/mol. The Morgan fingerprint density at radius 3 is 2.60 bits per heavy atom. The van der Waals surface area contributed by atoms with Crippen molar-refractivity contribution in [1.29, 1.82) is 0 Å². The highest BCUT2D eigenvalue weighted by Crippen LogP contribution is 1.99. The van der Waals surface area contributed by atoms with Crippen molar-refractivity contribution in [1.82, 2.24) is 0 Å². The molecular formula is C9H15N. The van der Waals surface area contributed by atoms with Gasteiger partial charge in [-0.2, -0.15) is 0 Å². The van der Waals surface area contributed by atoms with E-state index in [1.54, 1.807) is 6.08 Å². The molecule has 0 rings (SSSR count). The minimum absolute atomic E-state index is 0.803. The highest BCUT2D eigenvalue weighted by atomic mass is 14.6. The summed E-state index contributed by atoms with van der Waals surface area (Å²) < 4.78 is 0. The van der Waals surface area contributed by atoms with Crippen molar-refractivity contribution in [2.75, 3.05) is 0 Å². The zero-order valence-electron chi connectivity index (χ0n) is 6.72. The van der Waals surface area contributed by atoms with Gasteiger partial charge in [0.05, 0.1) is 0 Å². The van der Waals surface area contributed by atoms with E-state index in [2.05, 4.69) is 13.5 Å². The highest BCUT2D eigenvalue weighted by Gasteiger charge is 1.85. The van der Waals surface area contributed by atoms with Crippen LogP contribution in [-0.4, -0.2) is 0 Å². The molecule has 0 aromatic rings. The third kappa shape index (κ3) is 3.13. The lowest BCUT2D eigenvalue weighted by molar-refractivity contribution is 1.20. The van der Waals surface area contributed by atoms with E-state index < -0.39 is 0 Å². The molecule has 2 N–H and O–H groups in total. The molecule has 0 saturated heterocycles. The minimum Gasteiger partial charge on any atom is -0.399 e. The van der Waals surface area contributed by atoms with Gasteiger partial charge in [-0.3, -0.25) is 0 Å². The molecule has 0 spiro atoms. The van der Waals surface area contributed by atoms with Crippen LogP contribution in [0.15, 0.2) is 36.1 Å². The first-order valence-electron chi connectivity index (χ1n) is 3.47. The van der Waals surface area contributed by atoms with Crippen molar-refractivity contribution in [3.05, 3.63) is 36.1 Å². The van der Waals surface area contributed by atoms with Gasteiger partial charge in [-0.15, -0.1) is 0 Å². The van der Waals surface area contributed by atoms with Gasteiger partial charge in [-0.05, 0) is 25.0 Å². The molecule has 0 aliphatic rings. The Morgan fingerprint density at radius 2 is 2.20 bits per heavy atom. The summed E-state index contributed by atoms with van der Waals surface area (Å²) in [7, 11) is 0. The van der Waals surface area contributed by atoms with Gasteiger partial charge in [0.2, 0.25) is 0 Å². The summed E-state index contributed by atoms with van der Waals surface area (Å²) in [6.07, 6.45) is 6.72. The Bertz CT molecular complexity index is 164. The number of hydrogen-bond donors (Lipinski definition) is 1. The second-order valence-corrected chi connectivity index (χ2v) is 2.15. The van der Waals surface area contributed by atoms with Crippen LogP contribution in [0.2, 0.25) is 0 Å². The molecule has 0 aliphatic carbocycles. The fraction of sp³-hybridized carbons (Fsp3) is 0.333. The van der Waals surface area contributed by atoms with Gasteiger partial charge in [0, 0.05) is 5.70 Å². The lowest BCUT2D eigenvalue weighted by Crippen LogP contribution is -1.95. The first-order chi connectivity index (χ1) is 4.72. The van der Waals surface area contributed by atoms with Crippen molar-refractivity contribution >= 4 is 0 Å². The van der Waals surface area contributed by atoms with E-state index in [1.807, 2.05) is 19.1 Å². The molecule has 0 radical (unpaired) electrons. The van der Waals surface area contributed by atoms with Crippen molar-refractivity contribution in [2.45, 2.75) is 20.3 Å². The van der Waals surface area contributed by atoms with Crippen molar-refractivity contribution < 1.29 is 0 Å². The zero-order chi connectivity index (χ0) is 7.98. The van der Waals surface area contributed by atoms with Crippen LogP contribution < -0.4 is 5.73 Å². The predicted molar refractivity (Wildman–Crippen MR) is 46.5 cm³/mol. The third-order valence-electron chi connectivity index (χ3n) is 1.29. The molecular weight excluding hydrogens is 122 g/mol. The number of rotatable bonds is 3. The van der Waals surface area contributed by atoms with E-state index >= 15 is 0 Å². The van der Waals surface area contributed by atoms with Crippen LogP contribution in [0.3, 0.4) is 0 Å². The van der Waals surface area contributed by atoms with E-state index in [-0.39, 0.29) is 0 Å². The quantitative estimate of drug-likeness (QED) is 0.594. The molecule has 0 aromatic carbocycles. The Morgan fingerprint density at radius 1 is 1.60 bits per heavy atom. The molecule has 56 valence electrons. The topological polar surface area (TPSA) is 26.0 Å². The molecule has 0 bridgehead atoms. The second kappa shape index (κ2) is 4.86. The van der Waals surface area contributed by atoms with Crippen LogP contribution in [-0.2, 0) is 0 Å². The SMILES string of the molecule is C=C/C(C)=C(N)\C=C/CC. The molecule has 10 heavy (non-hydrogen) atoms. The maximum atomic E-state index is 5.64. The van der Waals surface area contributed by atoms with Crippen LogP contribution in [0, 0.1) is 0 Å². The fourth-order valence-corrected chi connectivity index (χ4v) is 0.494. The fourth-order valence-electron chi connectivity index (χ4n) is 0.494. The van der Waals surface area contributed by atoms with Crippen LogP contribution in [0.5, 0.6) is 0 Å². The Hall–Kier alpha value is -0.980. The van der Waals surface area contributed by atoms with Crippen molar-refractivity contribution in [3.63, 3.8) is 0 Å². The summed E-state index contributed by atoms with van der Waals surface area (Å²) in [4.78, 5) is 0. The summed E-state index contributed by atoms with van der Waals surface area (Å²) in [5.41, 5.74) is 7.47. The second-order valence-electron chi connectivity index (χ2n) is 2.15. The first kappa shape index (κ1) is 9.02. The van der Waals surface area contributed by atoms with Crippen LogP contribution in [0.1, 0.15) is 20.3 Å². The molecule has 1 heteroatoms. The van der Waals surface area contributed by atoms with Crippen molar-refractivity contribution in [3.8, 4) is 0 Å². The molecule has 0 atom stereocenters. The smallest absolute Gasteiger partial charge is 0.0340 e. The Labute approximate surface area is 62.9 Å². The molecule has 0 aliphatic heterocycles. The molecule has 0 aromatic heterocycles. The number of allylic oxidation sites excluding steroid dienone is 4. The summed E-state index contributed by atoms with van der Waals surface area (Å²) in [6.45, 7) is 7.64. The summed E-state index contributed by atoms with van der Waals surface area (Å²) >= 11 is 0. The summed E-state index contributed by atoms with van der Waals surface area (Å²) in [6, 6.07) is 0. The lowest BCUT2D eigenvalue weighted by Gasteiger charge is -1.94. The number of hydrogen-bond acceptors (Lipinski definition) is 1. The van der Waals surface area contributed by atoms with Gasteiger partial charge >= 0.3 is 0 Å². The normalized spacial score (nSPS) is 13.4. The van der Waals surface area contributed by atoms with Crippen LogP contribution in [0.4, 0.5) is 0 Å². The Balaban J connectivity index is 4.17. The van der Waals surface area contributed by atoms with Gasteiger partial charge < -0.3 is 5.73 Å². The van der Waals surface area contributed by atoms with E-state index in [4.69, 9.17) is 5.73 Å². The maximum Gasteiger partial charge on any atom is 0.0340 e. The zero-order valence-corrected chi connectivity index (χ0v) is 6.72. The summed E-state index contributed by atoms with van der Waals surface area (Å²) in [5.74, 6) is 0. The number of nitrogens with two attached hydrogens (primary N) is 1. The average Bonchev–Trinajstić information content (AvgIpc) is 1.98. The summed E-state index contributed by atoms with van der Waals surface area (Å²) in [5, 5.41) is 0. The van der Waals surface area contributed by atoms with E-state index in [0.29, 0.717) is 0 Å². The molecule has 0 heterocycles. The molecule has 0 unspecified atom stereocenters. The largest absolute Gasteiger partial charge is 0.399 e. The van der Waals surface area contributed by atoms with Crippen LogP contribution >= 0.6 is 0 Å². The molecule has 0 saturated carbocycles. The molecule has 0 fully saturated rings. The van der Waals surface area contributed by atoms with Gasteiger partial charge in [-0.25, -0.2) is 0 Å². The predicted octanol–water partition coefficient (Wildman–Crippen LogP) is 2.37. The van der Waals surface area contributed by atoms with Crippen LogP contribution in [0.25, 0.3) is 0 Å². The van der Waals surface area contributed by atoms with Gasteiger partial charge in [0.25, 0.3) is 0 Å². The monoisotopic (exact) mass is 137 g/mol. The molecule has 1 nitrogen and oxygen atoms in total. The third-order valence-corrected chi connectivity index (χ3v) is 1.29. The Kier molecular flexibility index (Phi) is 4.38. The van der Waals surface area contributed by atoms with E-state index in [1.165, 1.54) is 0 Å². The standard InChI is InChI=1S/C9H15N/c1-4-6-7-9(10)8(3)5-2/h5-7H,2,4,10H2,1,3H3/b7-6-,9-8+. The maximum absolute atomic E-state index is 5.64. The minimum atomic E-state index is 0.803. The molecule has 0 amide bonds. The van der Waals surface area contributed by atoms with Gasteiger partial charge in [0.15, 0.2) is 0 Å². The first-order valence-corrected chi connectivity index (χ1v) is 3.47. The highest BCUT2D eigenvalue weighted by molar-refractivity contribution is 5.27. The lowest BCUT2D eigenvalue weighted by atomic mass is 10.2. The van der Waals surface area contributed by atoms with Crippen molar-refractivity contribution in [2.24, 2.45) is 5.73 Å². The van der Waals surface area contributed by atoms with E-state index in [9.17, 15) is 0 Å².